The van der Waals surface area contributed by atoms with Crippen molar-refractivity contribution in [1.82, 2.24) is 14.6 Å². The molecule has 1 aromatic carbocycles. The maximum absolute atomic E-state index is 12.6. The van der Waals surface area contributed by atoms with Crippen LogP contribution in [0.5, 0.6) is 11.5 Å². The maximum Gasteiger partial charge on any atom is 0.283 e. The van der Waals surface area contributed by atoms with Gasteiger partial charge in [0.2, 0.25) is 10.7 Å². The molecule has 0 fully saturated rings. The summed E-state index contributed by atoms with van der Waals surface area (Å²) in [6.45, 7) is 0. The summed E-state index contributed by atoms with van der Waals surface area (Å²) < 4.78 is 17.1. The number of ether oxygens (including phenoxy) is 3. The first-order valence-corrected chi connectivity index (χ1v) is 10.3. The molecular weight excluding hydrogens is 432 g/mol. The number of carbonyl (C=O) groups excluding carboxylic acids is 1. The molecule has 1 aliphatic carbocycles. The number of nitrogen functional groups attached to an aromatic ring is 1. The van der Waals surface area contributed by atoms with Gasteiger partial charge in [-0.2, -0.15) is 14.6 Å². The molecule has 164 valence electrons. The number of aromatic nitrogens is 3. The quantitative estimate of drug-likeness (QED) is 0.606. The molecule has 0 bridgehead atoms. The first kappa shape index (κ1) is 21.3. The normalized spacial score (nSPS) is 14.7. The SMILES string of the molecule is COC1=C/C(=C/c2c(N)n3nc(Cc4ccc(OC)c(OC)c4)sc3nc2=O)C=CC1=O. The average Bonchev–Trinajstić information content (AvgIpc) is 3.19. The Morgan fingerprint density at radius 2 is 1.88 bits per heavy atom. The molecule has 32 heavy (non-hydrogen) atoms. The lowest BCUT2D eigenvalue weighted by Gasteiger charge is -2.08. The Balaban J connectivity index is 1.70. The van der Waals surface area contributed by atoms with Gasteiger partial charge >= 0.3 is 0 Å². The van der Waals surface area contributed by atoms with E-state index in [9.17, 15) is 9.59 Å². The van der Waals surface area contributed by atoms with Crippen LogP contribution >= 0.6 is 11.3 Å². The Bertz CT molecular complexity index is 1370. The van der Waals surface area contributed by atoms with Crippen LogP contribution in [-0.4, -0.2) is 41.7 Å². The average molecular weight is 452 g/mol. The van der Waals surface area contributed by atoms with Gasteiger partial charge in [-0.1, -0.05) is 23.5 Å². The Morgan fingerprint density at radius 3 is 2.59 bits per heavy atom. The van der Waals surface area contributed by atoms with Gasteiger partial charge in [-0.25, -0.2) is 0 Å². The molecule has 9 nitrogen and oxygen atoms in total. The monoisotopic (exact) mass is 452 g/mol. The van der Waals surface area contributed by atoms with Gasteiger partial charge in [0, 0.05) is 6.42 Å². The minimum absolute atomic E-state index is 0.167. The van der Waals surface area contributed by atoms with E-state index in [0.717, 1.165) is 10.6 Å². The molecule has 1 aliphatic rings. The Kier molecular flexibility index (Phi) is 5.78. The molecule has 0 unspecified atom stereocenters. The number of rotatable bonds is 6. The van der Waals surface area contributed by atoms with Crippen molar-refractivity contribution in [3.8, 4) is 11.5 Å². The fraction of sp³-hybridized carbons (Fsp3) is 0.182. The summed E-state index contributed by atoms with van der Waals surface area (Å²) in [6.07, 6.45) is 6.56. The van der Waals surface area contributed by atoms with E-state index in [4.69, 9.17) is 19.9 Å². The second-order valence-corrected chi connectivity index (χ2v) is 7.87. The second-order valence-electron chi connectivity index (χ2n) is 6.83. The third-order valence-corrected chi connectivity index (χ3v) is 5.74. The number of nitrogens with two attached hydrogens (primary N) is 1. The summed E-state index contributed by atoms with van der Waals surface area (Å²) >= 11 is 1.28. The van der Waals surface area contributed by atoms with Crippen molar-refractivity contribution >= 4 is 34.0 Å². The molecule has 2 N–H and O–H groups in total. The van der Waals surface area contributed by atoms with E-state index in [1.807, 2.05) is 18.2 Å². The van der Waals surface area contributed by atoms with Gasteiger partial charge in [0.05, 0.1) is 26.9 Å². The van der Waals surface area contributed by atoms with Crippen LogP contribution in [0.15, 0.2) is 52.6 Å². The van der Waals surface area contributed by atoms with Crippen LogP contribution in [0.2, 0.25) is 0 Å². The first-order chi connectivity index (χ1) is 15.4. The predicted octanol–water partition coefficient (Wildman–Crippen LogP) is 2.39. The third-order valence-electron chi connectivity index (χ3n) is 4.84. The standard InChI is InChI=1S/C22H20N4O5S/c1-29-16-7-5-13(10-18(16)31-3)11-19-25-26-20(23)14(21(28)24-22(26)32-19)8-12-4-6-15(27)17(9-12)30-2/h4-10H,11,23H2,1-3H3/b12-8+. The highest BCUT2D eigenvalue weighted by Crippen LogP contribution is 2.29. The van der Waals surface area contributed by atoms with Crippen LogP contribution in [0.3, 0.4) is 0 Å². The molecule has 0 saturated carbocycles. The molecule has 0 radical (unpaired) electrons. The highest BCUT2D eigenvalue weighted by Gasteiger charge is 2.16. The summed E-state index contributed by atoms with van der Waals surface area (Å²) in [5, 5.41) is 5.27. The molecule has 2 aromatic heterocycles. The van der Waals surface area contributed by atoms with Crippen molar-refractivity contribution in [2.24, 2.45) is 0 Å². The number of carbonyl (C=O) groups is 1. The molecular formula is C22H20N4O5S. The minimum Gasteiger partial charge on any atom is -0.493 e. The smallest absolute Gasteiger partial charge is 0.283 e. The zero-order valence-corrected chi connectivity index (χ0v) is 18.4. The number of hydrogen-bond acceptors (Lipinski definition) is 9. The fourth-order valence-electron chi connectivity index (χ4n) is 3.23. The number of allylic oxidation sites excluding steroid dienone is 4. The molecule has 10 heteroatoms. The van der Waals surface area contributed by atoms with Crippen molar-refractivity contribution in [3.63, 3.8) is 0 Å². The lowest BCUT2D eigenvalue weighted by molar-refractivity contribution is -0.114. The molecule has 0 amide bonds. The third kappa shape index (κ3) is 4.00. The van der Waals surface area contributed by atoms with Gasteiger partial charge in [-0.15, -0.1) is 0 Å². The van der Waals surface area contributed by atoms with Crippen LogP contribution in [-0.2, 0) is 16.0 Å². The van der Waals surface area contributed by atoms with E-state index < -0.39 is 5.56 Å². The molecule has 0 aliphatic heterocycles. The van der Waals surface area contributed by atoms with Crippen LogP contribution in [0, 0.1) is 0 Å². The second kappa shape index (κ2) is 8.67. The summed E-state index contributed by atoms with van der Waals surface area (Å²) in [6, 6.07) is 5.61. The molecule has 0 saturated heterocycles. The number of fused-ring (bicyclic) bond motifs is 1. The molecule has 3 aromatic rings. The summed E-state index contributed by atoms with van der Waals surface area (Å²) in [7, 11) is 4.57. The number of benzene rings is 1. The summed E-state index contributed by atoms with van der Waals surface area (Å²) in [5.74, 6) is 1.35. The number of anilines is 1. The highest BCUT2D eigenvalue weighted by atomic mass is 32.1. The van der Waals surface area contributed by atoms with Gasteiger partial charge in [-0.3, -0.25) is 9.59 Å². The highest BCUT2D eigenvalue weighted by molar-refractivity contribution is 7.16. The number of ketones is 1. The number of nitrogens with zero attached hydrogens (tertiary/aromatic N) is 3. The van der Waals surface area contributed by atoms with Crippen LogP contribution < -0.4 is 20.8 Å². The van der Waals surface area contributed by atoms with Gasteiger partial charge in [0.15, 0.2) is 17.3 Å². The Hall–Kier alpha value is -3.92. The van der Waals surface area contributed by atoms with E-state index in [-0.39, 0.29) is 22.9 Å². The Labute approximate surface area is 187 Å². The van der Waals surface area contributed by atoms with E-state index in [1.54, 1.807) is 32.4 Å². The summed E-state index contributed by atoms with van der Waals surface area (Å²) in [4.78, 5) is 28.9. The van der Waals surface area contributed by atoms with Gasteiger partial charge in [-0.05, 0) is 41.5 Å². The van der Waals surface area contributed by atoms with E-state index in [0.29, 0.717) is 28.5 Å². The number of hydrogen-bond donors (Lipinski definition) is 1. The van der Waals surface area contributed by atoms with Crippen LogP contribution in [0.25, 0.3) is 11.0 Å². The lowest BCUT2D eigenvalue weighted by Crippen LogP contribution is -2.17. The van der Waals surface area contributed by atoms with Crippen molar-refractivity contribution in [3.05, 3.63) is 74.2 Å². The van der Waals surface area contributed by atoms with Gasteiger partial charge in [0.1, 0.15) is 10.8 Å². The first-order valence-electron chi connectivity index (χ1n) is 9.52. The maximum atomic E-state index is 12.6. The lowest BCUT2D eigenvalue weighted by atomic mass is 10.0. The van der Waals surface area contributed by atoms with E-state index in [2.05, 4.69) is 10.1 Å². The molecule has 2 heterocycles. The van der Waals surface area contributed by atoms with Gasteiger partial charge < -0.3 is 19.9 Å². The topological polar surface area (TPSA) is 118 Å². The van der Waals surface area contributed by atoms with Crippen molar-refractivity contribution in [1.29, 1.82) is 0 Å². The largest absolute Gasteiger partial charge is 0.493 e. The number of methoxy groups -OCH3 is 3. The molecule has 4 rings (SSSR count). The minimum atomic E-state index is -0.478. The summed E-state index contributed by atoms with van der Waals surface area (Å²) in [5.41, 5.74) is 7.52. The van der Waals surface area contributed by atoms with Crippen molar-refractivity contribution in [2.45, 2.75) is 6.42 Å². The van der Waals surface area contributed by atoms with Crippen LogP contribution in [0.1, 0.15) is 16.1 Å². The Morgan fingerprint density at radius 1 is 1.09 bits per heavy atom. The molecule has 0 spiro atoms. The van der Waals surface area contributed by atoms with Gasteiger partial charge in [0.25, 0.3) is 5.56 Å². The molecule has 0 atom stereocenters. The van der Waals surface area contributed by atoms with Crippen molar-refractivity contribution in [2.75, 3.05) is 27.1 Å². The zero-order valence-electron chi connectivity index (χ0n) is 17.6. The predicted molar refractivity (Wildman–Crippen MR) is 121 cm³/mol. The van der Waals surface area contributed by atoms with Crippen molar-refractivity contribution < 1.29 is 19.0 Å². The fourth-order valence-corrected chi connectivity index (χ4v) is 4.16. The zero-order chi connectivity index (χ0) is 22.8. The van der Waals surface area contributed by atoms with Crippen LogP contribution in [0.4, 0.5) is 5.82 Å². The van der Waals surface area contributed by atoms with E-state index >= 15 is 0 Å². The van der Waals surface area contributed by atoms with E-state index in [1.165, 1.54) is 29.0 Å².